The van der Waals surface area contributed by atoms with Gasteiger partial charge in [0.05, 0.1) is 5.56 Å². The van der Waals surface area contributed by atoms with E-state index in [0.29, 0.717) is 5.56 Å². The second-order valence-electron chi connectivity index (χ2n) is 2.30. The third kappa shape index (κ3) is 3.45. The largest absolute Gasteiger partial charge is 0.424 e. The van der Waals surface area contributed by atoms with Crippen molar-refractivity contribution in [2.24, 2.45) is 0 Å². The maximum atomic E-state index is 11.2. The fourth-order valence-electron chi connectivity index (χ4n) is 0.787. The van der Waals surface area contributed by atoms with Crippen LogP contribution in [0.3, 0.4) is 0 Å². The van der Waals surface area contributed by atoms with E-state index in [-0.39, 0.29) is 0 Å². The van der Waals surface area contributed by atoms with Gasteiger partial charge in [0.25, 0.3) is 0 Å². The highest BCUT2D eigenvalue weighted by Gasteiger charge is 2.06. The Labute approximate surface area is 85.4 Å². The van der Waals surface area contributed by atoms with Gasteiger partial charge in [-0.2, -0.15) is 0 Å². The molecular formula is C9H7ClO4. The summed E-state index contributed by atoms with van der Waals surface area (Å²) < 4.78 is 8.79. The summed E-state index contributed by atoms with van der Waals surface area (Å²) in [6, 6.07) is 8.35. The molecule has 0 fully saturated rings. The molecule has 0 aliphatic heterocycles. The Morgan fingerprint density at radius 3 is 2.36 bits per heavy atom. The third-order valence-corrected chi connectivity index (χ3v) is 1.48. The first kappa shape index (κ1) is 10.5. The Morgan fingerprint density at radius 1 is 1.14 bits per heavy atom. The van der Waals surface area contributed by atoms with Gasteiger partial charge in [0.15, 0.2) is 0 Å². The summed E-state index contributed by atoms with van der Waals surface area (Å²) in [5.41, 5.74) is -0.621. The molecule has 0 aliphatic rings. The van der Waals surface area contributed by atoms with Crippen LogP contribution in [0.15, 0.2) is 30.3 Å². The highest BCUT2D eigenvalue weighted by atomic mass is 35.5. The number of carbonyl (C=O) groups is 2. The number of esters is 1. The minimum Gasteiger partial charge on any atom is -0.424 e. The van der Waals surface area contributed by atoms with Gasteiger partial charge in [-0.15, -0.1) is 0 Å². The van der Waals surface area contributed by atoms with Crippen LogP contribution in [0.5, 0.6) is 0 Å². The number of benzene rings is 1. The van der Waals surface area contributed by atoms with E-state index < -0.39 is 18.2 Å². The van der Waals surface area contributed by atoms with Crippen molar-refractivity contribution >= 4 is 23.0 Å². The zero-order chi connectivity index (χ0) is 10.4. The Balaban J connectivity index is 2.40. The highest BCUT2D eigenvalue weighted by Crippen LogP contribution is 2.01. The van der Waals surface area contributed by atoms with Gasteiger partial charge in [-0.05, 0) is 12.1 Å². The average Bonchev–Trinajstić information content (AvgIpc) is 2.18. The molecule has 0 atom stereocenters. The smallest absolute Gasteiger partial charge is 0.406 e. The van der Waals surface area contributed by atoms with Crippen LogP contribution in [0.1, 0.15) is 10.4 Å². The second kappa shape index (κ2) is 5.24. The van der Waals surface area contributed by atoms with Gasteiger partial charge >= 0.3 is 11.4 Å². The number of hydrogen-bond donors (Lipinski definition) is 0. The number of hydrogen-bond acceptors (Lipinski definition) is 4. The molecule has 14 heavy (non-hydrogen) atoms. The molecule has 0 heterocycles. The van der Waals surface area contributed by atoms with Crippen LogP contribution in [-0.2, 0) is 9.47 Å². The van der Waals surface area contributed by atoms with E-state index in [1.54, 1.807) is 30.3 Å². The lowest BCUT2D eigenvalue weighted by atomic mass is 10.2. The maximum Gasteiger partial charge on any atom is 0.406 e. The van der Waals surface area contributed by atoms with Gasteiger partial charge in [0, 0.05) is 11.6 Å². The molecule has 0 aromatic heterocycles. The van der Waals surface area contributed by atoms with Crippen LogP contribution in [0.2, 0.25) is 0 Å². The quantitative estimate of drug-likeness (QED) is 0.440. The van der Waals surface area contributed by atoms with Crippen molar-refractivity contribution in [3.8, 4) is 0 Å². The van der Waals surface area contributed by atoms with Crippen LogP contribution in [0.4, 0.5) is 4.79 Å². The number of carbonyl (C=O) groups excluding carboxylic acids is 2. The minimum absolute atomic E-state index is 0.387. The number of ether oxygens (including phenoxy) is 2. The van der Waals surface area contributed by atoms with Gasteiger partial charge in [-0.3, -0.25) is 0 Å². The first-order valence-corrected chi connectivity index (χ1v) is 4.12. The molecule has 0 saturated carbocycles. The molecule has 0 N–H and O–H groups in total. The Hall–Kier alpha value is -1.55. The molecule has 0 unspecified atom stereocenters. The van der Waals surface area contributed by atoms with E-state index in [1.807, 2.05) is 0 Å². The van der Waals surface area contributed by atoms with Crippen molar-refractivity contribution in [1.29, 1.82) is 0 Å². The van der Waals surface area contributed by atoms with Crippen LogP contribution in [0.25, 0.3) is 0 Å². The van der Waals surface area contributed by atoms with E-state index in [9.17, 15) is 9.59 Å². The van der Waals surface area contributed by atoms with Gasteiger partial charge in [-0.1, -0.05) is 18.2 Å². The second-order valence-corrected chi connectivity index (χ2v) is 2.61. The van der Waals surface area contributed by atoms with Gasteiger partial charge in [-0.25, -0.2) is 9.59 Å². The van der Waals surface area contributed by atoms with E-state index >= 15 is 0 Å². The monoisotopic (exact) mass is 214 g/mol. The van der Waals surface area contributed by atoms with E-state index in [0.717, 1.165) is 0 Å². The van der Waals surface area contributed by atoms with Crippen molar-refractivity contribution < 1.29 is 19.1 Å². The summed E-state index contributed by atoms with van der Waals surface area (Å²) in [6.45, 7) is -0.476. The summed E-state index contributed by atoms with van der Waals surface area (Å²) in [6.07, 6.45) is 0. The molecular weight excluding hydrogens is 208 g/mol. The Kier molecular flexibility index (Phi) is 3.94. The number of rotatable bonds is 3. The van der Waals surface area contributed by atoms with Crippen molar-refractivity contribution in [2.45, 2.75) is 0 Å². The minimum atomic E-state index is -1.01. The van der Waals surface area contributed by atoms with Crippen molar-refractivity contribution in [3.63, 3.8) is 0 Å². The lowest BCUT2D eigenvalue weighted by Gasteiger charge is -2.02. The molecule has 0 amide bonds. The van der Waals surface area contributed by atoms with Gasteiger partial charge < -0.3 is 9.47 Å². The predicted octanol–water partition coefficient (Wildman–Crippen LogP) is 2.18. The summed E-state index contributed by atoms with van der Waals surface area (Å²) in [4.78, 5) is 21.3. The fourth-order valence-corrected chi connectivity index (χ4v) is 0.831. The number of halogens is 1. The molecule has 0 radical (unpaired) electrons. The molecule has 5 heteroatoms. The Morgan fingerprint density at radius 2 is 1.79 bits per heavy atom. The van der Waals surface area contributed by atoms with Crippen LogP contribution >= 0.6 is 11.6 Å². The molecule has 1 rings (SSSR count). The van der Waals surface area contributed by atoms with E-state index in [2.05, 4.69) is 9.47 Å². The zero-order valence-corrected chi connectivity index (χ0v) is 7.86. The first-order valence-electron chi connectivity index (χ1n) is 3.74. The lowest BCUT2D eigenvalue weighted by Crippen LogP contribution is -2.09. The standard InChI is InChI=1S/C9H7ClO4/c10-9(12)14-6-13-8(11)7-4-2-1-3-5-7/h1-5H,6H2. The summed E-state index contributed by atoms with van der Waals surface area (Å²) in [5, 5.41) is 0. The summed E-state index contributed by atoms with van der Waals surface area (Å²) in [5.74, 6) is -0.566. The molecule has 0 saturated heterocycles. The lowest BCUT2D eigenvalue weighted by molar-refractivity contribution is 0.00372. The maximum absolute atomic E-state index is 11.2. The first-order chi connectivity index (χ1) is 6.70. The highest BCUT2D eigenvalue weighted by molar-refractivity contribution is 6.61. The average molecular weight is 215 g/mol. The molecule has 74 valence electrons. The van der Waals surface area contributed by atoms with E-state index in [4.69, 9.17) is 11.6 Å². The van der Waals surface area contributed by atoms with Crippen LogP contribution < -0.4 is 0 Å². The van der Waals surface area contributed by atoms with Crippen molar-refractivity contribution in [1.82, 2.24) is 0 Å². The molecule has 0 aliphatic carbocycles. The molecule has 0 bridgehead atoms. The molecule has 0 spiro atoms. The van der Waals surface area contributed by atoms with Crippen LogP contribution in [-0.4, -0.2) is 18.2 Å². The van der Waals surface area contributed by atoms with Gasteiger partial charge in [0.1, 0.15) is 0 Å². The zero-order valence-electron chi connectivity index (χ0n) is 7.10. The SMILES string of the molecule is O=C(Cl)OCOC(=O)c1ccccc1. The summed E-state index contributed by atoms with van der Waals surface area (Å²) >= 11 is 4.85. The summed E-state index contributed by atoms with van der Waals surface area (Å²) in [7, 11) is 0. The predicted molar refractivity (Wildman–Crippen MR) is 49.1 cm³/mol. The van der Waals surface area contributed by atoms with Crippen LogP contribution in [0, 0.1) is 0 Å². The molecule has 1 aromatic rings. The van der Waals surface area contributed by atoms with Crippen molar-refractivity contribution in [2.75, 3.05) is 6.79 Å². The molecule has 1 aromatic carbocycles. The molecule has 4 nitrogen and oxygen atoms in total. The van der Waals surface area contributed by atoms with E-state index in [1.165, 1.54) is 0 Å². The third-order valence-electron chi connectivity index (χ3n) is 1.37. The Bertz CT molecular complexity index is 323. The topological polar surface area (TPSA) is 52.6 Å². The fraction of sp³-hybridized carbons (Fsp3) is 0.111. The van der Waals surface area contributed by atoms with Gasteiger partial charge in [0.2, 0.25) is 6.79 Å². The normalized spacial score (nSPS) is 9.21. The van der Waals surface area contributed by atoms with Crippen molar-refractivity contribution in [3.05, 3.63) is 35.9 Å².